The summed E-state index contributed by atoms with van der Waals surface area (Å²) >= 11 is 0. The van der Waals surface area contributed by atoms with Gasteiger partial charge in [-0.15, -0.1) is 0 Å². The molecule has 2 saturated heterocycles. The number of amides is 2. The molecule has 1 aromatic carbocycles. The Bertz CT molecular complexity index is 982. The summed E-state index contributed by atoms with van der Waals surface area (Å²) in [7, 11) is 0. The molecule has 0 spiro atoms. The maximum atomic E-state index is 13.0. The second-order valence-electron chi connectivity index (χ2n) is 8.31. The van der Waals surface area contributed by atoms with E-state index < -0.39 is 0 Å². The van der Waals surface area contributed by atoms with Crippen LogP contribution in [0.1, 0.15) is 55.8 Å². The number of carbonyl (C=O) groups excluding carboxylic acids is 3. The highest BCUT2D eigenvalue weighted by Gasteiger charge is 2.41. The van der Waals surface area contributed by atoms with Gasteiger partial charge in [0.05, 0.1) is 0 Å². The second kappa shape index (κ2) is 8.07. The van der Waals surface area contributed by atoms with Gasteiger partial charge in [-0.1, -0.05) is 18.2 Å². The van der Waals surface area contributed by atoms with Crippen LogP contribution in [0.15, 0.2) is 30.3 Å². The SMILES string of the molecule is CC(=O)c1c(C)[nH]c(C(=O)NC[C@H]2CN(C(=O)c3ccccc3)[C@H]3CCN2C3)c1C. The predicted molar refractivity (Wildman–Crippen MR) is 114 cm³/mol. The van der Waals surface area contributed by atoms with Gasteiger partial charge in [-0.05, 0) is 44.9 Å². The Morgan fingerprint density at radius 1 is 1.13 bits per heavy atom. The van der Waals surface area contributed by atoms with Crippen molar-refractivity contribution in [2.24, 2.45) is 0 Å². The first-order valence-electron chi connectivity index (χ1n) is 10.4. The number of aromatic amines is 1. The van der Waals surface area contributed by atoms with Crippen molar-refractivity contribution in [3.63, 3.8) is 0 Å². The molecule has 7 nitrogen and oxygen atoms in total. The minimum atomic E-state index is -0.217. The van der Waals surface area contributed by atoms with E-state index in [9.17, 15) is 14.4 Å². The number of carbonyl (C=O) groups is 3. The molecule has 2 bridgehead atoms. The molecule has 3 heterocycles. The number of rotatable bonds is 5. The summed E-state index contributed by atoms with van der Waals surface area (Å²) < 4.78 is 0. The number of nitrogens with zero attached hydrogens (tertiary/aromatic N) is 2. The van der Waals surface area contributed by atoms with E-state index in [0.717, 1.165) is 19.5 Å². The van der Waals surface area contributed by atoms with Gasteiger partial charge >= 0.3 is 0 Å². The quantitative estimate of drug-likeness (QED) is 0.743. The van der Waals surface area contributed by atoms with Crippen molar-refractivity contribution in [2.75, 3.05) is 26.2 Å². The van der Waals surface area contributed by atoms with E-state index >= 15 is 0 Å². The lowest BCUT2D eigenvalue weighted by atomic mass is 10.1. The van der Waals surface area contributed by atoms with E-state index in [0.29, 0.717) is 41.2 Å². The van der Waals surface area contributed by atoms with Crippen LogP contribution in [-0.4, -0.2) is 70.6 Å². The number of hydrogen-bond acceptors (Lipinski definition) is 4. The molecule has 0 saturated carbocycles. The predicted octanol–water partition coefficient (Wildman–Crippen LogP) is 2.16. The summed E-state index contributed by atoms with van der Waals surface area (Å²) in [6, 6.07) is 9.68. The van der Waals surface area contributed by atoms with Crippen LogP contribution in [0, 0.1) is 13.8 Å². The lowest BCUT2D eigenvalue weighted by Crippen LogP contribution is -2.57. The Balaban J connectivity index is 1.45. The monoisotopic (exact) mass is 408 g/mol. The molecule has 0 radical (unpaired) electrons. The summed E-state index contributed by atoms with van der Waals surface area (Å²) in [5.74, 6) is -0.212. The zero-order chi connectivity index (χ0) is 21.4. The van der Waals surface area contributed by atoms with Crippen molar-refractivity contribution in [3.05, 3.63) is 58.4 Å². The van der Waals surface area contributed by atoms with Crippen LogP contribution >= 0.6 is 0 Å². The fourth-order valence-electron chi connectivity index (χ4n) is 4.84. The van der Waals surface area contributed by atoms with Crippen molar-refractivity contribution in [1.29, 1.82) is 0 Å². The molecule has 30 heavy (non-hydrogen) atoms. The van der Waals surface area contributed by atoms with Crippen molar-refractivity contribution in [3.8, 4) is 0 Å². The molecule has 2 N–H and O–H groups in total. The number of H-pyrrole nitrogens is 1. The minimum Gasteiger partial charge on any atom is -0.354 e. The van der Waals surface area contributed by atoms with Gasteiger partial charge in [0.15, 0.2) is 5.78 Å². The van der Waals surface area contributed by atoms with Gasteiger partial charge in [-0.25, -0.2) is 0 Å². The minimum absolute atomic E-state index is 0.0502. The molecule has 7 heteroatoms. The van der Waals surface area contributed by atoms with Gasteiger partial charge < -0.3 is 15.2 Å². The van der Waals surface area contributed by atoms with E-state index in [1.807, 2.05) is 35.2 Å². The van der Waals surface area contributed by atoms with E-state index in [4.69, 9.17) is 0 Å². The first-order chi connectivity index (χ1) is 14.4. The molecule has 2 fully saturated rings. The third-order valence-corrected chi connectivity index (χ3v) is 6.36. The molecule has 2 aromatic rings. The molecular weight excluding hydrogens is 380 g/mol. The van der Waals surface area contributed by atoms with Crippen molar-refractivity contribution < 1.29 is 14.4 Å². The fourth-order valence-corrected chi connectivity index (χ4v) is 4.84. The Hall–Kier alpha value is -2.93. The smallest absolute Gasteiger partial charge is 0.268 e. The van der Waals surface area contributed by atoms with Crippen LogP contribution in [0.3, 0.4) is 0 Å². The third kappa shape index (κ3) is 3.65. The Labute approximate surface area is 176 Å². The summed E-state index contributed by atoms with van der Waals surface area (Å²) in [5.41, 5.74) is 3.12. The second-order valence-corrected chi connectivity index (χ2v) is 8.31. The molecule has 3 atom stereocenters. The largest absolute Gasteiger partial charge is 0.354 e. The summed E-state index contributed by atoms with van der Waals surface area (Å²) in [6.07, 6.45) is 0.958. The van der Waals surface area contributed by atoms with Crippen molar-refractivity contribution in [1.82, 2.24) is 20.1 Å². The summed E-state index contributed by atoms with van der Waals surface area (Å²) in [6.45, 7) is 7.93. The first kappa shape index (κ1) is 20.3. The molecule has 4 rings (SSSR count). The van der Waals surface area contributed by atoms with Gasteiger partial charge in [0, 0.05) is 55.1 Å². The lowest BCUT2D eigenvalue weighted by molar-refractivity contribution is 0.0493. The van der Waals surface area contributed by atoms with Crippen LogP contribution in [0.5, 0.6) is 0 Å². The number of aryl methyl sites for hydroxylation is 1. The van der Waals surface area contributed by atoms with Gasteiger partial charge in [-0.3, -0.25) is 19.3 Å². The Morgan fingerprint density at radius 2 is 1.87 bits per heavy atom. The number of hydrogen-bond donors (Lipinski definition) is 2. The number of piperazine rings is 1. The highest BCUT2D eigenvalue weighted by Crippen LogP contribution is 2.26. The van der Waals surface area contributed by atoms with Crippen LogP contribution in [0.25, 0.3) is 0 Å². The standard InChI is InChI=1S/C23H28N4O3/c1-14-20(16(3)28)15(2)25-21(14)22(29)24-11-19-13-27(18-9-10-26(19)12-18)23(30)17-7-5-4-6-8-17/h4-8,18-19,25H,9-13H2,1-3H3,(H,24,29)/t18-,19-/m0/s1. The molecule has 2 aliphatic rings. The maximum Gasteiger partial charge on any atom is 0.268 e. The first-order valence-corrected chi connectivity index (χ1v) is 10.4. The van der Waals surface area contributed by atoms with Crippen LogP contribution in [-0.2, 0) is 0 Å². The molecule has 1 unspecified atom stereocenters. The molecule has 158 valence electrons. The topological polar surface area (TPSA) is 85.5 Å². The van der Waals surface area contributed by atoms with Crippen molar-refractivity contribution in [2.45, 2.75) is 39.3 Å². The zero-order valence-electron chi connectivity index (χ0n) is 17.7. The van der Waals surface area contributed by atoms with E-state index in [1.54, 1.807) is 13.8 Å². The lowest BCUT2D eigenvalue weighted by Gasteiger charge is -2.40. The number of aromatic nitrogens is 1. The van der Waals surface area contributed by atoms with Gasteiger partial charge in [0.25, 0.3) is 11.8 Å². The number of Topliss-reactive ketones (excluding diaryl/α,β-unsaturated/α-hetero) is 1. The van der Waals surface area contributed by atoms with Crippen LogP contribution in [0.4, 0.5) is 0 Å². The molecular formula is C23H28N4O3. The average molecular weight is 409 g/mol. The maximum absolute atomic E-state index is 13.0. The number of benzene rings is 1. The van der Waals surface area contributed by atoms with Crippen LogP contribution < -0.4 is 5.32 Å². The molecule has 2 aliphatic heterocycles. The number of nitrogens with one attached hydrogen (secondary N) is 2. The fraction of sp³-hybridized carbons (Fsp3) is 0.435. The zero-order valence-corrected chi connectivity index (χ0v) is 17.7. The normalized spacial score (nSPS) is 22.8. The highest BCUT2D eigenvalue weighted by atomic mass is 16.2. The number of ketones is 1. The summed E-state index contributed by atoms with van der Waals surface area (Å²) in [4.78, 5) is 45.0. The van der Waals surface area contributed by atoms with E-state index in [2.05, 4.69) is 15.2 Å². The third-order valence-electron chi connectivity index (χ3n) is 6.36. The van der Waals surface area contributed by atoms with Gasteiger partial charge in [0.1, 0.15) is 5.69 Å². The van der Waals surface area contributed by atoms with Crippen LogP contribution in [0.2, 0.25) is 0 Å². The molecule has 0 aliphatic carbocycles. The Morgan fingerprint density at radius 3 is 2.53 bits per heavy atom. The Kier molecular flexibility index (Phi) is 5.47. The molecule has 2 amide bonds. The van der Waals surface area contributed by atoms with Gasteiger partial charge in [-0.2, -0.15) is 0 Å². The highest BCUT2D eigenvalue weighted by molar-refractivity contribution is 6.02. The number of fused-ring (bicyclic) bond motifs is 2. The van der Waals surface area contributed by atoms with E-state index in [1.165, 1.54) is 6.92 Å². The van der Waals surface area contributed by atoms with Crippen molar-refractivity contribution >= 4 is 17.6 Å². The van der Waals surface area contributed by atoms with Gasteiger partial charge in [0.2, 0.25) is 0 Å². The summed E-state index contributed by atoms with van der Waals surface area (Å²) in [5, 5.41) is 3.01. The molecule has 1 aromatic heterocycles. The van der Waals surface area contributed by atoms with E-state index in [-0.39, 0.29) is 29.7 Å². The average Bonchev–Trinajstić information content (AvgIpc) is 3.28.